The zero-order valence-corrected chi connectivity index (χ0v) is 16.6. The van der Waals surface area contributed by atoms with Crippen LogP contribution in [0.3, 0.4) is 0 Å². The quantitative estimate of drug-likeness (QED) is 0.205. The van der Waals surface area contributed by atoms with Crippen LogP contribution >= 0.6 is 0 Å². The highest BCUT2D eigenvalue weighted by Gasteiger charge is 2.47. The zero-order chi connectivity index (χ0) is 22.8. The van der Waals surface area contributed by atoms with Crippen LogP contribution in [0, 0.1) is 15.9 Å². The maximum absolute atomic E-state index is 13.2. The van der Waals surface area contributed by atoms with Gasteiger partial charge in [-0.2, -0.15) is 0 Å². The number of benzene rings is 2. The van der Waals surface area contributed by atoms with Gasteiger partial charge in [0.15, 0.2) is 0 Å². The molecule has 2 aromatic carbocycles. The van der Waals surface area contributed by atoms with Crippen LogP contribution < -0.4 is 0 Å². The maximum atomic E-state index is 13.2. The maximum Gasteiger partial charge on any atom is 0.295 e. The summed E-state index contributed by atoms with van der Waals surface area (Å²) in [5, 5.41) is 22.0. The SMILES string of the molecule is O=C1C(=O)N(CCc2ccc(F)cc2)C(c2ccco2)/C1=C(/O)c1cccc([N+](=O)[O-])c1. The molecule has 1 aliphatic heterocycles. The summed E-state index contributed by atoms with van der Waals surface area (Å²) in [5.41, 5.74) is 0.302. The Morgan fingerprint density at radius 1 is 1.12 bits per heavy atom. The van der Waals surface area contributed by atoms with Gasteiger partial charge >= 0.3 is 0 Å². The summed E-state index contributed by atoms with van der Waals surface area (Å²) in [5.74, 6) is -2.41. The smallest absolute Gasteiger partial charge is 0.295 e. The molecule has 0 aliphatic carbocycles. The van der Waals surface area contributed by atoms with Gasteiger partial charge in [-0.3, -0.25) is 19.7 Å². The largest absolute Gasteiger partial charge is 0.507 e. The van der Waals surface area contributed by atoms with Crippen molar-refractivity contribution < 1.29 is 28.4 Å². The topological polar surface area (TPSA) is 114 Å². The van der Waals surface area contributed by atoms with Gasteiger partial charge in [-0.05, 0) is 36.2 Å². The van der Waals surface area contributed by atoms with Crippen LogP contribution in [-0.2, 0) is 16.0 Å². The zero-order valence-electron chi connectivity index (χ0n) is 16.6. The Morgan fingerprint density at radius 2 is 1.88 bits per heavy atom. The fourth-order valence-corrected chi connectivity index (χ4v) is 3.68. The number of non-ortho nitro benzene ring substituents is 1. The molecule has 9 heteroatoms. The van der Waals surface area contributed by atoms with Crippen molar-refractivity contribution in [2.24, 2.45) is 0 Å². The Morgan fingerprint density at radius 3 is 2.53 bits per heavy atom. The molecular weight excluding hydrogens is 419 g/mol. The predicted molar refractivity (Wildman–Crippen MR) is 111 cm³/mol. The highest BCUT2D eigenvalue weighted by molar-refractivity contribution is 6.46. The van der Waals surface area contributed by atoms with Gasteiger partial charge in [-0.15, -0.1) is 0 Å². The first-order valence-electron chi connectivity index (χ1n) is 9.68. The number of aliphatic hydroxyl groups is 1. The number of carbonyl (C=O) groups excluding carboxylic acids is 2. The van der Waals surface area contributed by atoms with E-state index in [9.17, 15) is 29.2 Å². The second-order valence-corrected chi connectivity index (χ2v) is 7.19. The molecule has 2 heterocycles. The minimum atomic E-state index is -1.01. The average Bonchev–Trinajstić information content (AvgIpc) is 3.40. The van der Waals surface area contributed by atoms with Crippen molar-refractivity contribution in [1.29, 1.82) is 0 Å². The molecule has 3 aromatic rings. The van der Waals surface area contributed by atoms with Crippen molar-refractivity contribution in [2.75, 3.05) is 6.54 Å². The number of hydrogen-bond donors (Lipinski definition) is 1. The van der Waals surface area contributed by atoms with Gasteiger partial charge in [-0.1, -0.05) is 24.3 Å². The van der Waals surface area contributed by atoms with Crippen LogP contribution in [0.1, 0.15) is 22.9 Å². The van der Waals surface area contributed by atoms with E-state index in [1.165, 1.54) is 41.5 Å². The van der Waals surface area contributed by atoms with E-state index in [4.69, 9.17) is 4.42 Å². The number of nitrogens with zero attached hydrogens (tertiary/aromatic N) is 2. The first-order chi connectivity index (χ1) is 15.4. The van der Waals surface area contributed by atoms with Crippen LogP contribution in [0.5, 0.6) is 0 Å². The molecule has 4 rings (SSSR count). The highest BCUT2D eigenvalue weighted by Crippen LogP contribution is 2.39. The summed E-state index contributed by atoms with van der Waals surface area (Å²) < 4.78 is 18.6. The molecule has 0 bridgehead atoms. The summed E-state index contributed by atoms with van der Waals surface area (Å²) in [6.45, 7) is 0.104. The van der Waals surface area contributed by atoms with Crippen LogP contribution in [0.2, 0.25) is 0 Å². The lowest BCUT2D eigenvalue weighted by atomic mass is 9.99. The number of furan rings is 1. The van der Waals surface area contributed by atoms with E-state index < -0.39 is 28.4 Å². The number of ketones is 1. The molecular formula is C23H17FN2O6. The fraction of sp³-hybridized carbons (Fsp3) is 0.130. The summed E-state index contributed by atoms with van der Waals surface area (Å²) in [6.07, 6.45) is 1.71. The Bertz CT molecular complexity index is 1220. The Balaban J connectivity index is 1.74. The molecule has 0 spiro atoms. The van der Waals surface area contributed by atoms with E-state index in [1.807, 2.05) is 0 Å². The first kappa shape index (κ1) is 21.0. The van der Waals surface area contributed by atoms with E-state index in [1.54, 1.807) is 24.3 Å². The molecule has 1 aromatic heterocycles. The van der Waals surface area contributed by atoms with Gasteiger partial charge in [-0.25, -0.2) is 4.39 Å². The number of nitro groups is 1. The predicted octanol–water partition coefficient (Wildman–Crippen LogP) is 3.99. The molecule has 1 N–H and O–H groups in total. The third-order valence-electron chi connectivity index (χ3n) is 5.24. The van der Waals surface area contributed by atoms with Crippen molar-refractivity contribution in [1.82, 2.24) is 4.90 Å². The van der Waals surface area contributed by atoms with Crippen LogP contribution in [-0.4, -0.2) is 33.2 Å². The van der Waals surface area contributed by atoms with Crippen LogP contribution in [0.4, 0.5) is 10.1 Å². The number of nitro benzene ring substituents is 1. The number of halogens is 1. The second kappa shape index (κ2) is 8.46. The normalized spacial score (nSPS) is 17.7. The Kier molecular flexibility index (Phi) is 5.55. The monoisotopic (exact) mass is 436 g/mol. The van der Waals surface area contributed by atoms with Crippen molar-refractivity contribution in [3.63, 3.8) is 0 Å². The number of carbonyl (C=O) groups is 2. The van der Waals surface area contributed by atoms with Gasteiger partial charge in [0.1, 0.15) is 23.4 Å². The van der Waals surface area contributed by atoms with Gasteiger partial charge < -0.3 is 14.4 Å². The van der Waals surface area contributed by atoms with Crippen LogP contribution in [0.25, 0.3) is 5.76 Å². The summed E-state index contributed by atoms with van der Waals surface area (Å²) in [6, 6.07) is 13.1. The molecule has 1 aliphatic rings. The number of Topliss-reactive ketones (excluding diaryl/α,β-unsaturated/α-hetero) is 1. The number of aliphatic hydroxyl groups excluding tert-OH is 1. The Labute approximate surface area is 181 Å². The molecule has 1 saturated heterocycles. The number of hydrogen-bond acceptors (Lipinski definition) is 6. The number of amides is 1. The molecule has 32 heavy (non-hydrogen) atoms. The van der Waals surface area contributed by atoms with Crippen molar-refractivity contribution in [3.8, 4) is 0 Å². The lowest BCUT2D eigenvalue weighted by Crippen LogP contribution is -2.31. The summed E-state index contributed by atoms with van der Waals surface area (Å²) >= 11 is 0. The van der Waals surface area contributed by atoms with Crippen molar-refractivity contribution in [2.45, 2.75) is 12.5 Å². The molecule has 1 amide bonds. The standard InChI is InChI=1S/C23H17FN2O6/c24-16-8-6-14(7-9-16)10-11-25-20(18-5-2-12-32-18)19(22(28)23(25)29)21(27)15-3-1-4-17(13-15)26(30)31/h1-9,12-13,20,27H,10-11H2/b21-19-. The molecule has 0 saturated carbocycles. The number of likely N-dealkylation sites (tertiary alicyclic amines) is 1. The van der Waals surface area contributed by atoms with Gasteiger partial charge in [0.05, 0.1) is 16.8 Å². The lowest BCUT2D eigenvalue weighted by Gasteiger charge is -2.23. The summed E-state index contributed by atoms with van der Waals surface area (Å²) in [4.78, 5) is 37.5. The minimum Gasteiger partial charge on any atom is -0.507 e. The minimum absolute atomic E-state index is 0.0345. The summed E-state index contributed by atoms with van der Waals surface area (Å²) in [7, 11) is 0. The molecule has 162 valence electrons. The lowest BCUT2D eigenvalue weighted by molar-refractivity contribution is -0.384. The Hall–Kier alpha value is -4.27. The molecule has 1 unspecified atom stereocenters. The molecule has 1 atom stereocenters. The second-order valence-electron chi connectivity index (χ2n) is 7.19. The van der Waals surface area contributed by atoms with Crippen molar-refractivity contribution >= 4 is 23.1 Å². The molecule has 1 fully saturated rings. The fourth-order valence-electron chi connectivity index (χ4n) is 3.68. The molecule has 0 radical (unpaired) electrons. The number of rotatable bonds is 6. The third kappa shape index (κ3) is 3.87. The van der Waals surface area contributed by atoms with Crippen molar-refractivity contribution in [3.05, 3.63) is 105 Å². The van der Waals surface area contributed by atoms with Gasteiger partial charge in [0, 0.05) is 24.2 Å². The van der Waals surface area contributed by atoms with Gasteiger partial charge in [0.2, 0.25) is 0 Å². The average molecular weight is 436 g/mol. The van der Waals surface area contributed by atoms with E-state index >= 15 is 0 Å². The highest BCUT2D eigenvalue weighted by atomic mass is 19.1. The van der Waals surface area contributed by atoms with Gasteiger partial charge in [0.25, 0.3) is 17.4 Å². The van der Waals surface area contributed by atoms with E-state index in [2.05, 4.69) is 0 Å². The van der Waals surface area contributed by atoms with E-state index in [0.717, 1.165) is 11.6 Å². The third-order valence-corrected chi connectivity index (χ3v) is 5.24. The van der Waals surface area contributed by atoms with E-state index in [0.29, 0.717) is 6.42 Å². The van der Waals surface area contributed by atoms with Crippen LogP contribution in [0.15, 0.2) is 76.9 Å². The van der Waals surface area contributed by atoms with E-state index in [-0.39, 0.29) is 34.9 Å². The molecule has 8 nitrogen and oxygen atoms in total. The first-order valence-corrected chi connectivity index (χ1v) is 9.68.